The lowest BCUT2D eigenvalue weighted by atomic mass is 10.1. The number of benzene rings is 3. The molecule has 0 saturated heterocycles. The number of carbonyl (C=O) groups is 2. The zero-order valence-corrected chi connectivity index (χ0v) is 19.3. The Bertz CT molecular complexity index is 1310. The molecule has 4 rings (SSSR count). The molecule has 35 heavy (non-hydrogen) atoms. The van der Waals surface area contributed by atoms with E-state index in [0.29, 0.717) is 36.0 Å². The number of anilines is 1. The topological polar surface area (TPSA) is 108 Å². The Balaban J connectivity index is 1.44. The predicted molar refractivity (Wildman–Crippen MR) is 124 cm³/mol. The molecule has 0 aromatic heterocycles. The summed E-state index contributed by atoms with van der Waals surface area (Å²) >= 11 is 0. The highest BCUT2D eigenvalue weighted by atomic mass is 32.2. The van der Waals surface area contributed by atoms with Gasteiger partial charge in [0.2, 0.25) is 6.10 Å². The maximum absolute atomic E-state index is 13.2. The number of halogens is 1. The van der Waals surface area contributed by atoms with Gasteiger partial charge in [0.1, 0.15) is 19.0 Å². The maximum Gasteiger partial charge on any atom is 0.307 e. The summed E-state index contributed by atoms with van der Waals surface area (Å²) in [6, 6.07) is 17.7. The molecule has 0 fully saturated rings. The van der Waals surface area contributed by atoms with Crippen LogP contribution in [0.2, 0.25) is 0 Å². The fourth-order valence-corrected chi connectivity index (χ4v) is 4.62. The number of hydrogen-bond acceptors (Lipinski definition) is 7. The van der Waals surface area contributed by atoms with Gasteiger partial charge in [0.05, 0.1) is 17.1 Å². The third kappa shape index (κ3) is 6.15. The van der Waals surface area contributed by atoms with E-state index in [2.05, 4.69) is 5.32 Å². The summed E-state index contributed by atoms with van der Waals surface area (Å²) in [6.07, 6.45) is -1.80. The molecule has 0 radical (unpaired) electrons. The molecule has 8 nitrogen and oxygen atoms in total. The molecule has 1 amide bonds. The van der Waals surface area contributed by atoms with Crippen LogP contribution in [0.25, 0.3) is 0 Å². The van der Waals surface area contributed by atoms with E-state index in [1.165, 1.54) is 42.5 Å². The van der Waals surface area contributed by atoms with Crippen molar-refractivity contribution in [1.82, 2.24) is 0 Å². The molecule has 0 aliphatic carbocycles. The van der Waals surface area contributed by atoms with E-state index < -0.39 is 45.8 Å². The Hall–Kier alpha value is -3.92. The largest absolute Gasteiger partial charge is 0.486 e. The zero-order valence-electron chi connectivity index (χ0n) is 18.5. The van der Waals surface area contributed by atoms with E-state index in [1.54, 1.807) is 30.3 Å². The van der Waals surface area contributed by atoms with Gasteiger partial charge in [-0.3, -0.25) is 9.59 Å². The maximum atomic E-state index is 13.2. The second-order valence-electron chi connectivity index (χ2n) is 7.65. The Morgan fingerprint density at radius 3 is 2.34 bits per heavy atom. The Labute approximate surface area is 201 Å². The summed E-state index contributed by atoms with van der Waals surface area (Å²) in [4.78, 5) is 25.4. The second kappa shape index (κ2) is 10.6. The van der Waals surface area contributed by atoms with Crippen molar-refractivity contribution in [3.05, 3.63) is 84.2 Å². The van der Waals surface area contributed by atoms with Crippen LogP contribution in [0.5, 0.6) is 11.5 Å². The van der Waals surface area contributed by atoms with Crippen LogP contribution < -0.4 is 14.8 Å². The zero-order chi connectivity index (χ0) is 24.8. The van der Waals surface area contributed by atoms with Crippen molar-refractivity contribution >= 4 is 27.4 Å². The number of ether oxygens (including phenoxy) is 3. The van der Waals surface area contributed by atoms with Gasteiger partial charge in [-0.25, -0.2) is 12.8 Å². The van der Waals surface area contributed by atoms with E-state index in [1.807, 2.05) is 0 Å². The van der Waals surface area contributed by atoms with E-state index in [4.69, 9.17) is 14.2 Å². The molecule has 0 bridgehead atoms. The molecule has 1 atom stereocenters. The number of sulfone groups is 1. The Morgan fingerprint density at radius 2 is 1.63 bits per heavy atom. The van der Waals surface area contributed by atoms with Crippen molar-refractivity contribution in [2.24, 2.45) is 0 Å². The normalized spacial score (nSPS) is 13.5. The Morgan fingerprint density at radius 1 is 0.943 bits per heavy atom. The fraction of sp³-hybridized carbons (Fsp3) is 0.200. The molecule has 1 unspecified atom stereocenters. The van der Waals surface area contributed by atoms with Crippen LogP contribution in [0.1, 0.15) is 18.1 Å². The molecule has 1 aliphatic rings. The van der Waals surface area contributed by atoms with Crippen molar-refractivity contribution < 1.29 is 36.6 Å². The summed E-state index contributed by atoms with van der Waals surface area (Å²) in [5.41, 5.74) is 0.713. The van der Waals surface area contributed by atoms with Gasteiger partial charge in [0, 0.05) is 17.3 Å². The number of fused-ring (bicyclic) bond motifs is 1. The van der Waals surface area contributed by atoms with Crippen molar-refractivity contribution in [1.29, 1.82) is 0 Å². The molecule has 0 saturated carbocycles. The van der Waals surface area contributed by atoms with E-state index in [-0.39, 0.29) is 4.90 Å². The minimum atomic E-state index is -3.83. The van der Waals surface area contributed by atoms with Crippen LogP contribution in [-0.4, -0.2) is 39.3 Å². The number of carbonyl (C=O) groups excluding carboxylic acids is 2. The first-order valence-corrected chi connectivity index (χ1v) is 12.4. The molecule has 1 heterocycles. The van der Waals surface area contributed by atoms with Crippen molar-refractivity contribution in [2.75, 3.05) is 24.3 Å². The third-order valence-electron chi connectivity index (χ3n) is 5.15. The third-order valence-corrected chi connectivity index (χ3v) is 6.86. The SMILES string of the molecule is O=C(CCS(=O)(=O)c1ccc2c(c1)OCCO2)OC(C(=O)Nc1ccc(F)cc1)c1ccccc1. The van der Waals surface area contributed by atoms with Crippen LogP contribution in [0.15, 0.2) is 77.7 Å². The average molecular weight is 500 g/mol. The van der Waals surface area contributed by atoms with Gasteiger partial charge in [0.25, 0.3) is 5.91 Å². The number of rotatable bonds is 8. The molecular formula is C25H22FNO7S. The summed E-state index contributed by atoms with van der Waals surface area (Å²) in [7, 11) is -3.83. The molecule has 0 spiro atoms. The molecule has 1 aliphatic heterocycles. The monoisotopic (exact) mass is 499 g/mol. The summed E-state index contributed by atoms with van der Waals surface area (Å²) in [5.74, 6) is -1.74. The number of hydrogen-bond donors (Lipinski definition) is 1. The number of esters is 1. The van der Waals surface area contributed by atoms with Gasteiger partial charge in [-0.2, -0.15) is 0 Å². The molecule has 3 aromatic rings. The van der Waals surface area contributed by atoms with Crippen molar-refractivity contribution in [3.63, 3.8) is 0 Å². The molecule has 3 aromatic carbocycles. The molecule has 10 heteroatoms. The first kappa shape index (κ1) is 24.2. The number of amides is 1. The minimum absolute atomic E-state index is 0.0109. The van der Waals surface area contributed by atoms with Gasteiger partial charge in [0.15, 0.2) is 21.3 Å². The van der Waals surface area contributed by atoms with Crippen LogP contribution >= 0.6 is 0 Å². The predicted octanol–water partition coefficient (Wildman–Crippen LogP) is 3.68. The van der Waals surface area contributed by atoms with E-state index in [9.17, 15) is 22.4 Å². The van der Waals surface area contributed by atoms with Crippen LogP contribution in [-0.2, 0) is 24.2 Å². The summed E-state index contributed by atoms with van der Waals surface area (Å²) < 4.78 is 54.9. The summed E-state index contributed by atoms with van der Waals surface area (Å²) in [6.45, 7) is 0.686. The van der Waals surface area contributed by atoms with Crippen LogP contribution in [0, 0.1) is 5.82 Å². The lowest BCUT2D eigenvalue weighted by Crippen LogP contribution is -2.26. The first-order chi connectivity index (χ1) is 16.8. The minimum Gasteiger partial charge on any atom is -0.486 e. The Kier molecular flexibility index (Phi) is 7.31. The van der Waals surface area contributed by atoms with Crippen molar-refractivity contribution in [2.45, 2.75) is 17.4 Å². The molecule has 182 valence electrons. The molecular weight excluding hydrogens is 477 g/mol. The van der Waals surface area contributed by atoms with Gasteiger partial charge in [-0.05, 0) is 36.4 Å². The standard InChI is InChI=1S/C25H22FNO7S/c26-18-6-8-19(9-7-18)27-25(29)24(17-4-2-1-3-5-17)34-23(28)12-15-35(30,31)20-10-11-21-22(16-20)33-14-13-32-21/h1-11,16,24H,12-15H2,(H,27,29). The fourth-order valence-electron chi connectivity index (χ4n) is 3.38. The quantitative estimate of drug-likeness (QED) is 0.471. The highest BCUT2D eigenvalue weighted by Gasteiger charge is 2.27. The second-order valence-corrected chi connectivity index (χ2v) is 9.76. The van der Waals surface area contributed by atoms with Crippen molar-refractivity contribution in [3.8, 4) is 11.5 Å². The van der Waals surface area contributed by atoms with Gasteiger partial charge in [-0.15, -0.1) is 0 Å². The average Bonchev–Trinajstić information content (AvgIpc) is 2.87. The van der Waals surface area contributed by atoms with Crippen LogP contribution in [0.3, 0.4) is 0 Å². The van der Waals surface area contributed by atoms with Gasteiger partial charge in [-0.1, -0.05) is 30.3 Å². The molecule has 1 N–H and O–H groups in total. The van der Waals surface area contributed by atoms with E-state index >= 15 is 0 Å². The first-order valence-electron chi connectivity index (χ1n) is 10.7. The number of nitrogens with one attached hydrogen (secondary N) is 1. The van der Waals surface area contributed by atoms with Gasteiger partial charge >= 0.3 is 5.97 Å². The van der Waals surface area contributed by atoms with E-state index in [0.717, 1.165) is 0 Å². The lowest BCUT2D eigenvalue weighted by molar-refractivity contribution is -0.154. The lowest BCUT2D eigenvalue weighted by Gasteiger charge is -2.19. The van der Waals surface area contributed by atoms with Gasteiger partial charge < -0.3 is 19.5 Å². The smallest absolute Gasteiger partial charge is 0.307 e. The highest BCUT2D eigenvalue weighted by Crippen LogP contribution is 2.32. The highest BCUT2D eigenvalue weighted by molar-refractivity contribution is 7.91. The van der Waals surface area contributed by atoms with Crippen LogP contribution in [0.4, 0.5) is 10.1 Å². The summed E-state index contributed by atoms with van der Waals surface area (Å²) in [5, 5.41) is 2.57.